The van der Waals surface area contributed by atoms with E-state index in [4.69, 9.17) is 4.74 Å². The molecule has 0 aliphatic rings. The Morgan fingerprint density at radius 3 is 2.76 bits per heavy atom. The predicted octanol–water partition coefficient (Wildman–Crippen LogP) is 1.86. The van der Waals surface area contributed by atoms with Gasteiger partial charge >= 0.3 is 0 Å². The maximum Gasteiger partial charge on any atom is 0.121 e. The Balaban J connectivity index is 2.37. The molecule has 0 aromatic heterocycles. The van der Waals surface area contributed by atoms with Crippen molar-refractivity contribution in [3.63, 3.8) is 0 Å². The summed E-state index contributed by atoms with van der Waals surface area (Å²) in [5, 5.41) is 3.30. The molecule has 0 aliphatic heterocycles. The van der Waals surface area contributed by atoms with Gasteiger partial charge < -0.3 is 10.1 Å². The molecule has 17 heavy (non-hydrogen) atoms. The molecule has 3 nitrogen and oxygen atoms in total. The second kappa shape index (κ2) is 7.45. The number of ether oxygens (including phenoxy) is 1. The summed E-state index contributed by atoms with van der Waals surface area (Å²) in [6.45, 7) is 5.59. The fourth-order valence-corrected chi connectivity index (χ4v) is 2.27. The molecule has 0 saturated carbocycles. The first-order valence-electron chi connectivity index (χ1n) is 5.86. The minimum Gasteiger partial charge on any atom is -0.496 e. The summed E-state index contributed by atoms with van der Waals surface area (Å²) in [6.07, 6.45) is 0. The summed E-state index contributed by atoms with van der Waals surface area (Å²) in [5.41, 5.74) is 2.37. The van der Waals surface area contributed by atoms with Crippen molar-refractivity contribution in [2.24, 2.45) is 0 Å². The van der Waals surface area contributed by atoms with E-state index in [2.05, 4.69) is 17.4 Å². The molecule has 1 N–H and O–H groups in total. The van der Waals surface area contributed by atoms with E-state index in [1.165, 1.54) is 5.56 Å². The van der Waals surface area contributed by atoms with Gasteiger partial charge in [-0.15, -0.1) is 0 Å². The highest BCUT2D eigenvalue weighted by molar-refractivity contribution is 7.84. The summed E-state index contributed by atoms with van der Waals surface area (Å²) in [5.74, 6) is 2.38. The first-order chi connectivity index (χ1) is 8.17. The summed E-state index contributed by atoms with van der Waals surface area (Å²) in [7, 11) is 1.00. The molecule has 0 radical (unpaired) electrons. The maximum atomic E-state index is 11.2. The van der Waals surface area contributed by atoms with Gasteiger partial charge in [0.25, 0.3) is 0 Å². The van der Waals surface area contributed by atoms with Crippen LogP contribution in [0.2, 0.25) is 0 Å². The lowest BCUT2D eigenvalue weighted by Crippen LogP contribution is -2.20. The van der Waals surface area contributed by atoms with Crippen molar-refractivity contribution in [2.45, 2.75) is 20.4 Å². The van der Waals surface area contributed by atoms with Crippen molar-refractivity contribution < 1.29 is 8.95 Å². The molecule has 96 valence electrons. The standard InChI is InChI=1S/C13H21NO2S/c1-4-17(15)8-7-14-10-12-5-6-13(16-3)11(2)9-12/h5-6,9,14H,4,7-8,10H2,1-3H3. The van der Waals surface area contributed by atoms with Gasteiger partial charge in [0.2, 0.25) is 0 Å². The van der Waals surface area contributed by atoms with Crippen LogP contribution in [0.4, 0.5) is 0 Å². The van der Waals surface area contributed by atoms with E-state index in [0.29, 0.717) is 0 Å². The molecule has 1 aromatic carbocycles. The summed E-state index contributed by atoms with van der Waals surface area (Å²) in [6, 6.07) is 6.15. The summed E-state index contributed by atoms with van der Waals surface area (Å²) >= 11 is 0. The van der Waals surface area contributed by atoms with E-state index in [1.54, 1.807) is 7.11 Å². The minimum atomic E-state index is -0.677. The second-order valence-electron chi connectivity index (χ2n) is 3.91. The van der Waals surface area contributed by atoms with Gasteiger partial charge in [0.05, 0.1) is 7.11 Å². The van der Waals surface area contributed by atoms with Crippen molar-refractivity contribution in [3.05, 3.63) is 29.3 Å². The largest absolute Gasteiger partial charge is 0.496 e. The monoisotopic (exact) mass is 255 g/mol. The third-order valence-corrected chi connectivity index (χ3v) is 3.92. The lowest BCUT2D eigenvalue weighted by molar-refractivity contribution is 0.411. The van der Waals surface area contributed by atoms with Crippen molar-refractivity contribution in [1.29, 1.82) is 0 Å². The van der Waals surface area contributed by atoms with E-state index in [1.807, 2.05) is 19.9 Å². The fraction of sp³-hybridized carbons (Fsp3) is 0.538. The molecule has 1 unspecified atom stereocenters. The number of methoxy groups -OCH3 is 1. The third kappa shape index (κ3) is 4.88. The first-order valence-corrected chi connectivity index (χ1v) is 7.35. The highest BCUT2D eigenvalue weighted by Gasteiger charge is 2.00. The summed E-state index contributed by atoms with van der Waals surface area (Å²) in [4.78, 5) is 0. The second-order valence-corrected chi connectivity index (χ2v) is 5.78. The zero-order valence-electron chi connectivity index (χ0n) is 10.8. The molecule has 0 saturated heterocycles. The Kier molecular flexibility index (Phi) is 6.22. The number of hydrogen-bond acceptors (Lipinski definition) is 3. The smallest absolute Gasteiger partial charge is 0.121 e. The molecular formula is C13H21NO2S. The van der Waals surface area contributed by atoms with Gasteiger partial charge in [-0.25, -0.2) is 0 Å². The Labute approximate surface area is 106 Å². The van der Waals surface area contributed by atoms with Crippen LogP contribution in [0.1, 0.15) is 18.1 Å². The van der Waals surface area contributed by atoms with E-state index in [9.17, 15) is 4.21 Å². The average Bonchev–Trinajstić information content (AvgIpc) is 2.34. The third-order valence-electron chi connectivity index (χ3n) is 2.62. The molecule has 0 spiro atoms. The van der Waals surface area contributed by atoms with Gasteiger partial charge in [-0.1, -0.05) is 19.1 Å². The van der Waals surface area contributed by atoms with Crippen LogP contribution in [0, 0.1) is 6.92 Å². The number of rotatable bonds is 7. The van der Waals surface area contributed by atoms with Crippen LogP contribution in [0.3, 0.4) is 0 Å². The van der Waals surface area contributed by atoms with E-state index >= 15 is 0 Å². The number of aryl methyl sites for hydroxylation is 1. The normalized spacial score (nSPS) is 12.4. The van der Waals surface area contributed by atoms with Gasteiger partial charge in [0.1, 0.15) is 5.75 Å². The Morgan fingerprint density at radius 1 is 1.41 bits per heavy atom. The molecule has 1 aromatic rings. The van der Waals surface area contributed by atoms with Crippen molar-refractivity contribution in [2.75, 3.05) is 25.2 Å². The zero-order valence-corrected chi connectivity index (χ0v) is 11.6. The molecule has 0 heterocycles. The van der Waals surface area contributed by atoms with Gasteiger partial charge in [-0.05, 0) is 24.1 Å². The molecule has 4 heteroatoms. The molecule has 0 fully saturated rings. The fourth-order valence-electron chi connectivity index (χ4n) is 1.61. The maximum absolute atomic E-state index is 11.2. The van der Waals surface area contributed by atoms with E-state index in [0.717, 1.165) is 35.9 Å². The van der Waals surface area contributed by atoms with Gasteiger partial charge in [0, 0.05) is 35.4 Å². The van der Waals surface area contributed by atoms with Gasteiger partial charge in [-0.3, -0.25) is 4.21 Å². The van der Waals surface area contributed by atoms with Crippen molar-refractivity contribution >= 4 is 10.8 Å². The predicted molar refractivity (Wildman–Crippen MR) is 73.0 cm³/mol. The van der Waals surface area contributed by atoms with Crippen molar-refractivity contribution in [1.82, 2.24) is 5.32 Å². The molecule has 0 amide bonds. The molecular weight excluding hydrogens is 234 g/mol. The SMILES string of the molecule is CCS(=O)CCNCc1ccc(OC)c(C)c1. The number of nitrogens with one attached hydrogen (secondary N) is 1. The quantitative estimate of drug-likeness (QED) is 0.756. The minimum absolute atomic E-state index is 0.677. The van der Waals surface area contributed by atoms with Crippen LogP contribution in [0.15, 0.2) is 18.2 Å². The number of benzene rings is 1. The van der Waals surface area contributed by atoms with Gasteiger partial charge in [-0.2, -0.15) is 0 Å². The molecule has 0 aliphatic carbocycles. The van der Waals surface area contributed by atoms with Crippen LogP contribution in [0.25, 0.3) is 0 Å². The average molecular weight is 255 g/mol. The first kappa shape index (κ1) is 14.2. The molecule has 0 bridgehead atoms. The highest BCUT2D eigenvalue weighted by atomic mass is 32.2. The van der Waals surface area contributed by atoms with Gasteiger partial charge in [0.15, 0.2) is 0 Å². The van der Waals surface area contributed by atoms with Crippen LogP contribution in [-0.2, 0) is 17.3 Å². The Morgan fingerprint density at radius 2 is 2.18 bits per heavy atom. The molecule has 1 rings (SSSR count). The van der Waals surface area contributed by atoms with Crippen LogP contribution >= 0.6 is 0 Å². The highest BCUT2D eigenvalue weighted by Crippen LogP contribution is 2.18. The zero-order chi connectivity index (χ0) is 12.7. The van der Waals surface area contributed by atoms with Crippen LogP contribution in [-0.4, -0.2) is 29.4 Å². The lowest BCUT2D eigenvalue weighted by atomic mass is 10.1. The van der Waals surface area contributed by atoms with Crippen molar-refractivity contribution in [3.8, 4) is 5.75 Å². The van der Waals surface area contributed by atoms with Crippen LogP contribution < -0.4 is 10.1 Å². The van der Waals surface area contributed by atoms with Crippen LogP contribution in [0.5, 0.6) is 5.75 Å². The topological polar surface area (TPSA) is 38.3 Å². The Bertz CT molecular complexity index is 380. The summed E-state index contributed by atoms with van der Waals surface area (Å²) < 4.78 is 16.4. The van der Waals surface area contributed by atoms with E-state index < -0.39 is 10.8 Å². The van der Waals surface area contributed by atoms with E-state index in [-0.39, 0.29) is 0 Å². The number of hydrogen-bond donors (Lipinski definition) is 1. The molecule has 1 atom stereocenters. The Hall–Kier alpha value is -0.870. The lowest BCUT2D eigenvalue weighted by Gasteiger charge is -2.08.